The molecule has 0 aliphatic heterocycles. The minimum Gasteiger partial charge on any atom is -0.353 e. The molecule has 0 amide bonds. The van der Waals surface area contributed by atoms with E-state index in [0.29, 0.717) is 29.4 Å². The van der Waals surface area contributed by atoms with Gasteiger partial charge in [-0.15, -0.1) is 0 Å². The first-order chi connectivity index (χ1) is 10.5. The van der Waals surface area contributed by atoms with Gasteiger partial charge in [-0.05, 0) is 42.7 Å². The van der Waals surface area contributed by atoms with Crippen LogP contribution in [0.3, 0.4) is 0 Å². The second-order valence-corrected chi connectivity index (χ2v) is 6.71. The zero-order valence-corrected chi connectivity index (χ0v) is 12.9. The van der Waals surface area contributed by atoms with Gasteiger partial charge in [-0.3, -0.25) is 10.1 Å². The molecule has 0 heterocycles. The predicted octanol–water partition coefficient (Wildman–Crippen LogP) is 4.73. The lowest BCUT2D eigenvalue weighted by atomic mass is 9.73. The summed E-state index contributed by atoms with van der Waals surface area (Å²) in [5.74, 6) is 1.64. The van der Waals surface area contributed by atoms with Gasteiger partial charge in [0.2, 0.25) is 0 Å². The first-order valence-corrected chi connectivity index (χ1v) is 7.88. The zero-order chi connectivity index (χ0) is 15.9. The molecule has 2 aliphatic carbocycles. The number of fused-ring (bicyclic) bond motifs is 1. The minimum atomic E-state index is -0.588. The monoisotopic (exact) mass is 304 g/mol. The summed E-state index contributed by atoms with van der Waals surface area (Å²) in [6.45, 7) is 4.47. The summed E-state index contributed by atoms with van der Waals surface area (Å²) in [6.07, 6.45) is 5.77. The summed E-state index contributed by atoms with van der Waals surface area (Å²) in [5.41, 5.74) is 1.24. The van der Waals surface area contributed by atoms with Crippen LogP contribution in [-0.2, 0) is 0 Å². The maximum atomic E-state index is 13.3. The van der Waals surface area contributed by atoms with Crippen molar-refractivity contribution in [2.24, 2.45) is 23.7 Å². The second-order valence-electron chi connectivity index (χ2n) is 6.71. The molecule has 1 aromatic rings. The van der Waals surface area contributed by atoms with Gasteiger partial charge in [0.05, 0.1) is 11.0 Å². The summed E-state index contributed by atoms with van der Waals surface area (Å²) >= 11 is 0. The quantitative estimate of drug-likeness (QED) is 0.648. The number of hydrogen-bond acceptors (Lipinski definition) is 3. The van der Waals surface area contributed by atoms with Crippen molar-refractivity contribution in [2.45, 2.75) is 33.1 Å². The topological polar surface area (TPSA) is 55.2 Å². The van der Waals surface area contributed by atoms with Gasteiger partial charge >= 0.3 is 0 Å². The molecule has 0 spiro atoms. The van der Waals surface area contributed by atoms with Crippen molar-refractivity contribution in [3.63, 3.8) is 0 Å². The van der Waals surface area contributed by atoms with Crippen LogP contribution in [0, 0.1) is 39.6 Å². The number of hydrogen-bond donors (Lipinski definition) is 1. The molecule has 22 heavy (non-hydrogen) atoms. The molecule has 0 bridgehead atoms. The highest BCUT2D eigenvalue weighted by molar-refractivity contribution is 5.64. The van der Waals surface area contributed by atoms with Crippen molar-refractivity contribution in [1.82, 2.24) is 0 Å². The number of benzene rings is 1. The van der Waals surface area contributed by atoms with Crippen LogP contribution < -0.4 is 5.32 Å². The van der Waals surface area contributed by atoms with Crippen LogP contribution >= 0.6 is 0 Å². The molecule has 0 radical (unpaired) electrons. The molecule has 5 heteroatoms. The third-order valence-electron chi connectivity index (χ3n) is 5.12. The molecule has 1 unspecified atom stereocenters. The molecule has 118 valence electrons. The highest BCUT2D eigenvalue weighted by Crippen LogP contribution is 2.47. The standard InChI is InChI=1S/C17H21FN2O2/c1-10-3-5-13-11(2)8-16(14(13)7-10)19-15-6-4-12(18)9-17(15)20(21)22/h4,6,8-11,13-14,19H,3,5,7H2,1-2H3/t10-,11?,13+,14-/m1/s1. The first-order valence-electron chi connectivity index (χ1n) is 7.88. The third kappa shape index (κ3) is 2.72. The van der Waals surface area contributed by atoms with Crippen molar-refractivity contribution in [3.8, 4) is 0 Å². The Morgan fingerprint density at radius 3 is 2.82 bits per heavy atom. The highest BCUT2D eigenvalue weighted by Gasteiger charge is 2.39. The Morgan fingerprint density at radius 2 is 2.09 bits per heavy atom. The fourth-order valence-electron chi connectivity index (χ4n) is 3.97. The lowest BCUT2D eigenvalue weighted by Crippen LogP contribution is -2.26. The number of rotatable bonds is 3. The van der Waals surface area contributed by atoms with Gasteiger partial charge in [0.1, 0.15) is 11.5 Å². The van der Waals surface area contributed by atoms with Crippen LogP contribution in [-0.4, -0.2) is 4.92 Å². The van der Waals surface area contributed by atoms with Gasteiger partial charge in [-0.2, -0.15) is 0 Å². The maximum Gasteiger partial charge on any atom is 0.295 e. The van der Waals surface area contributed by atoms with E-state index in [1.54, 1.807) is 0 Å². The summed E-state index contributed by atoms with van der Waals surface area (Å²) in [5, 5.41) is 14.3. The second kappa shape index (κ2) is 5.71. The number of halogens is 1. The van der Waals surface area contributed by atoms with Crippen LogP contribution in [0.4, 0.5) is 15.8 Å². The molecule has 2 aliphatic rings. The van der Waals surface area contributed by atoms with Gasteiger partial charge in [0.25, 0.3) is 5.69 Å². The van der Waals surface area contributed by atoms with E-state index in [9.17, 15) is 14.5 Å². The van der Waals surface area contributed by atoms with E-state index >= 15 is 0 Å². The average molecular weight is 304 g/mol. The maximum absolute atomic E-state index is 13.3. The average Bonchev–Trinajstić information content (AvgIpc) is 2.76. The molecule has 1 fully saturated rings. The van der Waals surface area contributed by atoms with Crippen molar-refractivity contribution in [3.05, 3.63) is 45.9 Å². The Bertz CT molecular complexity index is 629. The Kier molecular flexibility index (Phi) is 3.89. The van der Waals surface area contributed by atoms with Crippen LogP contribution in [0.25, 0.3) is 0 Å². The molecular formula is C17H21FN2O2. The fourth-order valence-corrected chi connectivity index (χ4v) is 3.97. The lowest BCUT2D eigenvalue weighted by molar-refractivity contribution is -0.384. The van der Waals surface area contributed by atoms with Crippen LogP contribution in [0.2, 0.25) is 0 Å². The normalized spacial score (nSPS) is 30.6. The number of anilines is 1. The molecule has 0 aromatic heterocycles. The first kappa shape index (κ1) is 15.0. The van der Waals surface area contributed by atoms with Gasteiger partial charge in [-0.25, -0.2) is 4.39 Å². The van der Waals surface area contributed by atoms with E-state index in [1.807, 2.05) is 0 Å². The van der Waals surface area contributed by atoms with Gasteiger partial charge < -0.3 is 5.32 Å². The third-order valence-corrected chi connectivity index (χ3v) is 5.12. The van der Waals surface area contributed by atoms with E-state index < -0.39 is 10.7 Å². The number of nitro benzene ring substituents is 1. The van der Waals surface area contributed by atoms with Gasteiger partial charge in [0.15, 0.2) is 0 Å². The van der Waals surface area contributed by atoms with E-state index in [-0.39, 0.29) is 5.69 Å². The summed E-state index contributed by atoms with van der Waals surface area (Å²) < 4.78 is 13.3. The number of nitro groups is 1. The molecule has 1 N–H and O–H groups in total. The Morgan fingerprint density at radius 1 is 1.32 bits per heavy atom. The fraction of sp³-hybridized carbons (Fsp3) is 0.529. The van der Waals surface area contributed by atoms with Gasteiger partial charge in [-0.1, -0.05) is 26.3 Å². The minimum absolute atomic E-state index is 0.208. The molecule has 1 saturated carbocycles. The largest absolute Gasteiger partial charge is 0.353 e. The number of nitrogens with one attached hydrogen (secondary N) is 1. The molecular weight excluding hydrogens is 283 g/mol. The Labute approximate surface area is 129 Å². The Hall–Kier alpha value is -1.91. The van der Waals surface area contributed by atoms with Crippen molar-refractivity contribution in [2.75, 3.05) is 5.32 Å². The molecule has 4 nitrogen and oxygen atoms in total. The van der Waals surface area contributed by atoms with Crippen LogP contribution in [0.5, 0.6) is 0 Å². The van der Waals surface area contributed by atoms with E-state index in [0.717, 1.165) is 18.2 Å². The molecule has 0 saturated heterocycles. The van der Waals surface area contributed by atoms with Crippen molar-refractivity contribution < 1.29 is 9.31 Å². The predicted molar refractivity (Wildman–Crippen MR) is 83.9 cm³/mol. The number of nitrogens with zero attached hydrogens (tertiary/aromatic N) is 1. The van der Waals surface area contributed by atoms with E-state index in [1.165, 1.54) is 25.0 Å². The van der Waals surface area contributed by atoms with E-state index in [2.05, 4.69) is 25.2 Å². The molecule has 4 atom stereocenters. The van der Waals surface area contributed by atoms with Crippen molar-refractivity contribution >= 4 is 11.4 Å². The lowest BCUT2D eigenvalue weighted by Gasteiger charge is -2.33. The van der Waals surface area contributed by atoms with Crippen molar-refractivity contribution in [1.29, 1.82) is 0 Å². The summed E-state index contributed by atoms with van der Waals surface area (Å²) in [6, 6.07) is 3.69. The van der Waals surface area contributed by atoms with E-state index in [4.69, 9.17) is 0 Å². The smallest absolute Gasteiger partial charge is 0.295 e. The molecule has 3 rings (SSSR count). The number of allylic oxidation sites excluding steroid dienone is 2. The highest BCUT2D eigenvalue weighted by atomic mass is 19.1. The van der Waals surface area contributed by atoms with Crippen LogP contribution in [0.15, 0.2) is 30.0 Å². The van der Waals surface area contributed by atoms with Crippen LogP contribution in [0.1, 0.15) is 33.1 Å². The summed E-state index contributed by atoms with van der Waals surface area (Å²) in [4.78, 5) is 10.6. The Balaban J connectivity index is 1.87. The zero-order valence-electron chi connectivity index (χ0n) is 12.9. The molecule has 1 aromatic carbocycles. The summed E-state index contributed by atoms with van der Waals surface area (Å²) in [7, 11) is 0. The van der Waals surface area contributed by atoms with Gasteiger partial charge in [0, 0.05) is 11.6 Å². The SMILES string of the molecule is CC1C=C(Nc2ccc(F)cc2[N+](=O)[O-])[C@@H]2C[C@H](C)CC[C@@H]12.